The lowest BCUT2D eigenvalue weighted by atomic mass is 10.3. The third-order valence-electron chi connectivity index (χ3n) is 2.01. The number of halogens is 1. The van der Waals surface area contributed by atoms with E-state index < -0.39 is 11.2 Å². The van der Waals surface area contributed by atoms with Crippen molar-refractivity contribution in [1.82, 2.24) is 9.55 Å². The van der Waals surface area contributed by atoms with E-state index in [2.05, 4.69) is 4.98 Å². The summed E-state index contributed by atoms with van der Waals surface area (Å²) in [6.45, 7) is 0. The minimum Gasteiger partial charge on any atom is -0.508 e. The number of phenols is 1. The van der Waals surface area contributed by atoms with Crippen molar-refractivity contribution in [2.24, 2.45) is 0 Å². The summed E-state index contributed by atoms with van der Waals surface area (Å²) in [5, 5.41) is 9.38. The van der Waals surface area contributed by atoms with Crippen LogP contribution in [0.15, 0.2) is 40.1 Å². The molecule has 1 aromatic heterocycles. The molecule has 0 bridgehead atoms. The number of hydrogen-bond acceptors (Lipinski definition) is 3. The number of hydrogen-bond donors (Lipinski definition) is 2. The van der Waals surface area contributed by atoms with Crippen molar-refractivity contribution in [3.8, 4) is 11.4 Å². The highest BCUT2D eigenvalue weighted by Gasteiger charge is 2.05. The van der Waals surface area contributed by atoms with Crippen molar-refractivity contribution in [2.75, 3.05) is 0 Å². The number of aromatic hydroxyl groups is 1. The van der Waals surface area contributed by atoms with E-state index in [0.717, 1.165) is 0 Å². The molecule has 0 aliphatic carbocycles. The van der Waals surface area contributed by atoms with Crippen LogP contribution in [0, 0.1) is 0 Å². The first-order chi connectivity index (χ1) is 7.58. The molecule has 6 heteroatoms. The molecule has 1 aromatic carbocycles. The molecule has 82 valence electrons. The van der Waals surface area contributed by atoms with E-state index >= 15 is 0 Å². The highest BCUT2D eigenvalue weighted by atomic mass is 35.5. The molecule has 0 fully saturated rings. The molecule has 0 spiro atoms. The van der Waals surface area contributed by atoms with E-state index in [1.807, 2.05) is 0 Å². The molecular formula is C10H7ClN2O3. The van der Waals surface area contributed by atoms with Crippen LogP contribution < -0.4 is 11.2 Å². The fourth-order valence-corrected chi connectivity index (χ4v) is 1.56. The maximum absolute atomic E-state index is 11.5. The molecule has 0 amide bonds. The van der Waals surface area contributed by atoms with Crippen molar-refractivity contribution < 1.29 is 5.11 Å². The van der Waals surface area contributed by atoms with Gasteiger partial charge in [0.25, 0.3) is 5.56 Å². The van der Waals surface area contributed by atoms with Crippen LogP contribution in [0.2, 0.25) is 5.02 Å². The van der Waals surface area contributed by atoms with Gasteiger partial charge in [-0.25, -0.2) is 4.79 Å². The summed E-state index contributed by atoms with van der Waals surface area (Å²) < 4.78 is 1.18. The standard InChI is InChI=1S/C10H7ClN2O3/c11-7-5-6(14)1-2-8(7)13-4-3-9(15)12-10(13)16/h1-5,14H,(H,12,15,16). The first-order valence-electron chi connectivity index (χ1n) is 4.39. The van der Waals surface area contributed by atoms with Gasteiger partial charge in [0.1, 0.15) is 5.75 Å². The van der Waals surface area contributed by atoms with Crippen molar-refractivity contribution in [3.05, 3.63) is 56.3 Å². The smallest absolute Gasteiger partial charge is 0.332 e. The van der Waals surface area contributed by atoms with Gasteiger partial charge >= 0.3 is 5.69 Å². The Morgan fingerprint density at radius 3 is 2.62 bits per heavy atom. The van der Waals surface area contributed by atoms with Crippen molar-refractivity contribution in [2.45, 2.75) is 0 Å². The lowest BCUT2D eigenvalue weighted by molar-refractivity contribution is 0.475. The Kier molecular flexibility index (Phi) is 2.54. The summed E-state index contributed by atoms with van der Waals surface area (Å²) in [4.78, 5) is 24.4. The molecule has 0 aliphatic rings. The number of rotatable bonds is 1. The Bertz CT molecular complexity index is 645. The van der Waals surface area contributed by atoms with Gasteiger partial charge in [-0.3, -0.25) is 14.3 Å². The number of phenolic OH excluding ortho intramolecular Hbond substituents is 1. The van der Waals surface area contributed by atoms with Gasteiger partial charge in [-0.1, -0.05) is 11.6 Å². The van der Waals surface area contributed by atoms with E-state index in [9.17, 15) is 9.59 Å². The Hall–Kier alpha value is -2.01. The zero-order chi connectivity index (χ0) is 11.7. The van der Waals surface area contributed by atoms with Gasteiger partial charge in [0.2, 0.25) is 0 Å². The highest BCUT2D eigenvalue weighted by molar-refractivity contribution is 6.32. The molecule has 0 unspecified atom stereocenters. The second kappa shape index (κ2) is 3.86. The number of nitrogens with one attached hydrogen (secondary N) is 1. The maximum atomic E-state index is 11.5. The van der Waals surface area contributed by atoms with Crippen LogP contribution >= 0.6 is 11.6 Å². The molecule has 0 saturated heterocycles. The zero-order valence-corrected chi connectivity index (χ0v) is 8.73. The van der Waals surface area contributed by atoms with Crippen LogP contribution in [0.4, 0.5) is 0 Å². The molecular weight excluding hydrogens is 232 g/mol. The third kappa shape index (κ3) is 1.85. The summed E-state index contributed by atoms with van der Waals surface area (Å²) in [6.07, 6.45) is 1.32. The molecule has 16 heavy (non-hydrogen) atoms. The Balaban J connectivity index is 2.68. The third-order valence-corrected chi connectivity index (χ3v) is 2.32. The number of aromatic nitrogens is 2. The first-order valence-corrected chi connectivity index (χ1v) is 4.76. The lowest BCUT2D eigenvalue weighted by Crippen LogP contribution is -2.27. The number of nitrogens with zero attached hydrogens (tertiary/aromatic N) is 1. The Labute approximate surface area is 94.6 Å². The average Bonchev–Trinajstić information content (AvgIpc) is 2.19. The van der Waals surface area contributed by atoms with E-state index in [0.29, 0.717) is 5.69 Å². The van der Waals surface area contributed by atoms with Gasteiger partial charge in [0, 0.05) is 18.3 Å². The van der Waals surface area contributed by atoms with E-state index in [-0.39, 0.29) is 10.8 Å². The molecule has 5 nitrogen and oxygen atoms in total. The topological polar surface area (TPSA) is 75.1 Å². The fourth-order valence-electron chi connectivity index (χ4n) is 1.30. The average molecular weight is 239 g/mol. The summed E-state index contributed by atoms with van der Waals surface area (Å²) in [5.41, 5.74) is -0.669. The summed E-state index contributed by atoms with van der Waals surface area (Å²) >= 11 is 5.86. The largest absolute Gasteiger partial charge is 0.508 e. The number of benzene rings is 1. The minimum absolute atomic E-state index is 0.00576. The molecule has 2 N–H and O–H groups in total. The maximum Gasteiger partial charge on any atom is 0.332 e. The lowest BCUT2D eigenvalue weighted by Gasteiger charge is -2.06. The molecule has 0 saturated carbocycles. The molecule has 2 aromatic rings. The van der Waals surface area contributed by atoms with Crippen molar-refractivity contribution >= 4 is 11.6 Å². The number of H-pyrrole nitrogens is 1. The van der Waals surface area contributed by atoms with E-state index in [4.69, 9.17) is 16.7 Å². The quantitative estimate of drug-likeness (QED) is 0.775. The second-order valence-electron chi connectivity index (χ2n) is 3.12. The zero-order valence-electron chi connectivity index (χ0n) is 7.98. The van der Waals surface area contributed by atoms with Crippen LogP contribution in [0.5, 0.6) is 5.75 Å². The minimum atomic E-state index is -0.583. The predicted molar refractivity (Wildman–Crippen MR) is 59.3 cm³/mol. The van der Waals surface area contributed by atoms with E-state index in [1.54, 1.807) is 0 Å². The van der Waals surface area contributed by atoms with Crippen LogP contribution in [0.3, 0.4) is 0 Å². The van der Waals surface area contributed by atoms with Crippen LogP contribution in [-0.4, -0.2) is 14.7 Å². The molecule has 0 radical (unpaired) electrons. The van der Waals surface area contributed by atoms with Gasteiger partial charge in [0.05, 0.1) is 10.7 Å². The Morgan fingerprint density at radius 2 is 2.00 bits per heavy atom. The van der Waals surface area contributed by atoms with Crippen LogP contribution in [0.1, 0.15) is 0 Å². The second-order valence-corrected chi connectivity index (χ2v) is 3.52. The first kappa shape index (κ1) is 10.5. The summed E-state index contributed by atoms with van der Waals surface area (Å²) in [5.74, 6) is 0.00576. The molecule has 2 rings (SSSR count). The summed E-state index contributed by atoms with van der Waals surface area (Å²) in [6, 6.07) is 5.41. The van der Waals surface area contributed by atoms with Gasteiger partial charge in [-0.05, 0) is 12.1 Å². The van der Waals surface area contributed by atoms with Gasteiger partial charge < -0.3 is 5.11 Å². The highest BCUT2D eigenvalue weighted by Crippen LogP contribution is 2.23. The fraction of sp³-hybridized carbons (Fsp3) is 0. The molecule has 1 heterocycles. The van der Waals surface area contributed by atoms with E-state index in [1.165, 1.54) is 35.0 Å². The van der Waals surface area contributed by atoms with Crippen molar-refractivity contribution in [3.63, 3.8) is 0 Å². The monoisotopic (exact) mass is 238 g/mol. The normalized spacial score (nSPS) is 10.3. The number of aromatic amines is 1. The predicted octanol–water partition coefficient (Wildman–Crippen LogP) is 0.885. The van der Waals surface area contributed by atoms with Crippen LogP contribution in [-0.2, 0) is 0 Å². The summed E-state index contributed by atoms with van der Waals surface area (Å²) in [7, 11) is 0. The van der Waals surface area contributed by atoms with Gasteiger partial charge in [-0.2, -0.15) is 0 Å². The molecule has 0 aliphatic heterocycles. The van der Waals surface area contributed by atoms with Crippen LogP contribution in [0.25, 0.3) is 5.69 Å². The Morgan fingerprint density at radius 1 is 1.25 bits per heavy atom. The van der Waals surface area contributed by atoms with Gasteiger partial charge in [0.15, 0.2) is 0 Å². The SMILES string of the molecule is O=c1ccn(-c2ccc(O)cc2Cl)c(=O)[nH]1. The van der Waals surface area contributed by atoms with Gasteiger partial charge in [-0.15, -0.1) is 0 Å². The molecule has 0 atom stereocenters. The van der Waals surface area contributed by atoms with Crippen molar-refractivity contribution in [1.29, 1.82) is 0 Å².